The summed E-state index contributed by atoms with van der Waals surface area (Å²) in [6, 6.07) is 9.08. The van der Waals surface area contributed by atoms with Crippen LogP contribution in [0.5, 0.6) is 0 Å². The molecule has 0 spiro atoms. The van der Waals surface area contributed by atoms with Gasteiger partial charge in [0, 0.05) is 30.8 Å². The molecule has 2 rings (SSSR count). The van der Waals surface area contributed by atoms with Crippen LogP contribution in [0.15, 0.2) is 42.7 Å². The van der Waals surface area contributed by atoms with Gasteiger partial charge in [-0.15, -0.1) is 0 Å². The standard InChI is InChI=1S/C14H15N3O3/c1-16-8-7-15-14(16)13(18)9-12(10-17(19)20)11-5-3-2-4-6-11/h2-8,12H,9-10H2,1H3/t12-/m0/s1. The van der Waals surface area contributed by atoms with Gasteiger partial charge in [-0.3, -0.25) is 14.9 Å². The van der Waals surface area contributed by atoms with E-state index in [2.05, 4.69) is 4.98 Å². The largest absolute Gasteiger partial charge is 0.332 e. The zero-order valence-corrected chi connectivity index (χ0v) is 11.1. The van der Waals surface area contributed by atoms with Crippen molar-refractivity contribution in [3.05, 3.63) is 64.2 Å². The highest BCUT2D eigenvalue weighted by Crippen LogP contribution is 2.21. The number of imidazole rings is 1. The van der Waals surface area contributed by atoms with Crippen molar-refractivity contribution in [3.63, 3.8) is 0 Å². The van der Waals surface area contributed by atoms with Crippen molar-refractivity contribution in [2.45, 2.75) is 12.3 Å². The first-order chi connectivity index (χ1) is 9.58. The van der Waals surface area contributed by atoms with Crippen LogP contribution in [0.25, 0.3) is 0 Å². The summed E-state index contributed by atoms with van der Waals surface area (Å²) in [5, 5.41) is 10.8. The zero-order valence-electron chi connectivity index (χ0n) is 11.1. The van der Waals surface area contributed by atoms with Gasteiger partial charge in [0.2, 0.25) is 6.54 Å². The Morgan fingerprint density at radius 1 is 1.40 bits per heavy atom. The van der Waals surface area contributed by atoms with Gasteiger partial charge < -0.3 is 4.57 Å². The number of hydrogen-bond acceptors (Lipinski definition) is 4. The lowest BCUT2D eigenvalue weighted by Gasteiger charge is -2.12. The average Bonchev–Trinajstić information content (AvgIpc) is 2.85. The fraction of sp³-hybridized carbons (Fsp3) is 0.286. The van der Waals surface area contributed by atoms with Crippen LogP contribution in [0.2, 0.25) is 0 Å². The minimum atomic E-state index is -0.435. The van der Waals surface area contributed by atoms with Gasteiger partial charge in [0.15, 0.2) is 11.6 Å². The number of aromatic nitrogens is 2. The molecule has 1 atom stereocenters. The topological polar surface area (TPSA) is 78.0 Å². The monoisotopic (exact) mass is 273 g/mol. The molecule has 0 amide bonds. The molecule has 2 aromatic rings. The van der Waals surface area contributed by atoms with Crippen LogP contribution in [0, 0.1) is 10.1 Å². The second kappa shape index (κ2) is 6.10. The summed E-state index contributed by atoms with van der Waals surface area (Å²) < 4.78 is 1.62. The third-order valence-electron chi connectivity index (χ3n) is 3.14. The van der Waals surface area contributed by atoms with E-state index in [0.29, 0.717) is 5.82 Å². The van der Waals surface area contributed by atoms with Gasteiger partial charge >= 0.3 is 0 Å². The summed E-state index contributed by atoms with van der Waals surface area (Å²) in [7, 11) is 1.73. The van der Waals surface area contributed by atoms with Gasteiger partial charge in [-0.2, -0.15) is 0 Å². The second-order valence-corrected chi connectivity index (χ2v) is 4.61. The third-order valence-corrected chi connectivity index (χ3v) is 3.14. The molecule has 0 radical (unpaired) electrons. The SMILES string of the molecule is Cn1ccnc1C(=O)C[C@@H](C[N+](=O)[O-])c1ccccc1. The van der Waals surface area contributed by atoms with Crippen LogP contribution in [-0.2, 0) is 7.05 Å². The van der Waals surface area contributed by atoms with E-state index < -0.39 is 5.92 Å². The van der Waals surface area contributed by atoms with Crippen molar-refractivity contribution >= 4 is 5.78 Å². The predicted molar refractivity (Wildman–Crippen MR) is 73.2 cm³/mol. The molecule has 0 N–H and O–H groups in total. The number of rotatable bonds is 6. The molecule has 0 aliphatic carbocycles. The average molecular weight is 273 g/mol. The first-order valence-electron chi connectivity index (χ1n) is 6.25. The Kier molecular flexibility index (Phi) is 4.24. The number of nitro groups is 1. The van der Waals surface area contributed by atoms with E-state index in [1.807, 2.05) is 18.2 Å². The molecular weight excluding hydrogens is 258 g/mol. The predicted octanol–water partition coefficient (Wildman–Crippen LogP) is 2.05. The fourth-order valence-electron chi connectivity index (χ4n) is 2.14. The number of aryl methyl sites for hydroxylation is 1. The lowest BCUT2D eigenvalue weighted by molar-refractivity contribution is -0.483. The molecule has 1 heterocycles. The smallest absolute Gasteiger partial charge is 0.211 e. The van der Waals surface area contributed by atoms with E-state index in [0.717, 1.165) is 5.56 Å². The van der Waals surface area contributed by atoms with Crippen LogP contribution in [0.3, 0.4) is 0 Å². The summed E-state index contributed by atoms with van der Waals surface area (Å²) in [5.74, 6) is -0.294. The van der Waals surface area contributed by atoms with Gasteiger partial charge in [-0.1, -0.05) is 30.3 Å². The first kappa shape index (κ1) is 13.9. The highest BCUT2D eigenvalue weighted by Gasteiger charge is 2.23. The number of benzene rings is 1. The molecule has 1 aromatic carbocycles. The maximum absolute atomic E-state index is 12.2. The van der Waals surface area contributed by atoms with Gasteiger partial charge in [0.25, 0.3) is 0 Å². The molecule has 0 aliphatic heterocycles. The molecule has 6 nitrogen and oxygen atoms in total. The minimum Gasteiger partial charge on any atom is -0.332 e. The number of carbonyl (C=O) groups excluding carboxylic acids is 1. The normalized spacial score (nSPS) is 12.1. The van der Waals surface area contributed by atoms with E-state index in [1.165, 1.54) is 6.20 Å². The summed E-state index contributed by atoms with van der Waals surface area (Å²) in [5.41, 5.74) is 0.798. The molecular formula is C14H15N3O3. The van der Waals surface area contributed by atoms with Crippen LogP contribution in [0.4, 0.5) is 0 Å². The molecule has 104 valence electrons. The maximum atomic E-state index is 12.2. The van der Waals surface area contributed by atoms with Crippen LogP contribution < -0.4 is 0 Å². The Morgan fingerprint density at radius 3 is 2.65 bits per heavy atom. The van der Waals surface area contributed by atoms with Gasteiger partial charge in [0.05, 0.1) is 5.92 Å². The van der Waals surface area contributed by atoms with Crippen LogP contribution in [0.1, 0.15) is 28.5 Å². The van der Waals surface area contributed by atoms with Crippen LogP contribution in [-0.4, -0.2) is 26.8 Å². The molecule has 0 unspecified atom stereocenters. The Labute approximate surface area is 116 Å². The van der Waals surface area contributed by atoms with Crippen molar-refractivity contribution in [2.24, 2.45) is 7.05 Å². The lowest BCUT2D eigenvalue weighted by Crippen LogP contribution is -2.18. The van der Waals surface area contributed by atoms with E-state index >= 15 is 0 Å². The number of nitrogens with zero attached hydrogens (tertiary/aromatic N) is 3. The first-order valence-corrected chi connectivity index (χ1v) is 6.25. The maximum Gasteiger partial charge on any atom is 0.211 e. The number of ketones is 1. The Bertz CT molecular complexity index is 607. The van der Waals surface area contributed by atoms with Crippen molar-refractivity contribution in [3.8, 4) is 0 Å². The summed E-state index contributed by atoms with van der Waals surface area (Å²) in [4.78, 5) is 26.6. The fourth-order valence-corrected chi connectivity index (χ4v) is 2.14. The van der Waals surface area contributed by atoms with Gasteiger partial charge in [-0.25, -0.2) is 4.98 Å². The molecule has 0 saturated carbocycles. The molecule has 1 aromatic heterocycles. The molecule has 0 fully saturated rings. The highest BCUT2D eigenvalue weighted by molar-refractivity contribution is 5.93. The highest BCUT2D eigenvalue weighted by atomic mass is 16.6. The number of carbonyl (C=O) groups is 1. The molecule has 0 saturated heterocycles. The van der Waals surface area contributed by atoms with Crippen molar-refractivity contribution in [1.82, 2.24) is 9.55 Å². The second-order valence-electron chi connectivity index (χ2n) is 4.61. The number of Topliss-reactive ketones (excluding diaryl/α,β-unsaturated/α-hetero) is 1. The molecule has 20 heavy (non-hydrogen) atoms. The molecule has 0 bridgehead atoms. The van der Waals surface area contributed by atoms with Crippen molar-refractivity contribution in [2.75, 3.05) is 6.54 Å². The summed E-state index contributed by atoms with van der Waals surface area (Å²) in [6.45, 7) is -0.264. The summed E-state index contributed by atoms with van der Waals surface area (Å²) >= 11 is 0. The van der Waals surface area contributed by atoms with Gasteiger partial charge in [0.1, 0.15) is 0 Å². The van der Waals surface area contributed by atoms with Crippen molar-refractivity contribution < 1.29 is 9.72 Å². The Balaban J connectivity index is 2.18. The van der Waals surface area contributed by atoms with Crippen molar-refractivity contribution in [1.29, 1.82) is 0 Å². The number of hydrogen-bond donors (Lipinski definition) is 0. The van der Waals surface area contributed by atoms with Gasteiger partial charge in [-0.05, 0) is 5.56 Å². The zero-order chi connectivity index (χ0) is 14.5. The Morgan fingerprint density at radius 2 is 2.10 bits per heavy atom. The van der Waals surface area contributed by atoms with Crippen LogP contribution >= 0.6 is 0 Å². The molecule has 0 aliphatic rings. The third kappa shape index (κ3) is 3.28. The van der Waals surface area contributed by atoms with E-state index in [4.69, 9.17) is 0 Å². The Hall–Kier alpha value is -2.50. The van der Waals surface area contributed by atoms with E-state index in [-0.39, 0.29) is 23.7 Å². The van der Waals surface area contributed by atoms with E-state index in [9.17, 15) is 14.9 Å². The minimum absolute atomic E-state index is 0.0792. The quantitative estimate of drug-likeness (QED) is 0.458. The summed E-state index contributed by atoms with van der Waals surface area (Å²) in [6.07, 6.45) is 3.30. The lowest BCUT2D eigenvalue weighted by atomic mass is 9.93. The van der Waals surface area contributed by atoms with E-state index in [1.54, 1.807) is 29.9 Å². The molecule has 6 heteroatoms.